The molecule has 5 heteroatoms. The molecule has 0 fully saturated rings. The number of fused-ring (bicyclic) bond motifs is 1. The van der Waals surface area contributed by atoms with E-state index in [1.54, 1.807) is 0 Å². The van der Waals surface area contributed by atoms with Crippen LogP contribution in [-0.4, -0.2) is 28.6 Å². The number of aromatic nitrogens is 2. The van der Waals surface area contributed by atoms with E-state index in [2.05, 4.69) is 66.2 Å². The minimum Gasteiger partial charge on any atom is -0.494 e. The predicted octanol–water partition coefficient (Wildman–Crippen LogP) is 6.96. The van der Waals surface area contributed by atoms with Crippen molar-refractivity contribution in [2.45, 2.75) is 65.8 Å². The van der Waals surface area contributed by atoms with E-state index < -0.39 is 0 Å². The fourth-order valence-corrected chi connectivity index (χ4v) is 4.74. The van der Waals surface area contributed by atoms with Gasteiger partial charge in [-0.15, -0.1) is 0 Å². The fraction of sp³-hybridized carbons (Fsp3) is 0.375. The van der Waals surface area contributed by atoms with E-state index in [0.29, 0.717) is 6.54 Å². The highest BCUT2D eigenvalue weighted by Crippen LogP contribution is 2.20. The fourth-order valence-electron chi connectivity index (χ4n) is 4.74. The maximum atomic E-state index is 12.3. The van der Waals surface area contributed by atoms with E-state index >= 15 is 0 Å². The molecule has 0 bridgehead atoms. The van der Waals surface area contributed by atoms with Crippen molar-refractivity contribution < 1.29 is 9.53 Å². The van der Waals surface area contributed by atoms with Crippen LogP contribution >= 0.6 is 0 Å². The highest BCUT2D eigenvalue weighted by molar-refractivity contribution is 5.94. The lowest BCUT2D eigenvalue weighted by Crippen LogP contribution is -2.24. The van der Waals surface area contributed by atoms with Gasteiger partial charge in [-0.25, -0.2) is 4.98 Å². The lowest BCUT2D eigenvalue weighted by atomic mass is 10.1. The topological polar surface area (TPSA) is 56.2 Å². The van der Waals surface area contributed by atoms with Crippen molar-refractivity contribution >= 4 is 16.9 Å². The number of nitrogens with zero attached hydrogens (tertiary/aromatic N) is 2. The van der Waals surface area contributed by atoms with Crippen molar-refractivity contribution in [2.75, 3.05) is 13.2 Å². The number of carbonyl (C=O) groups excluding carboxylic acids is 1. The van der Waals surface area contributed by atoms with E-state index in [9.17, 15) is 4.79 Å². The molecule has 0 aliphatic carbocycles. The quantitative estimate of drug-likeness (QED) is 0.203. The van der Waals surface area contributed by atoms with Gasteiger partial charge in [-0.2, -0.15) is 0 Å². The molecule has 4 rings (SSSR count). The molecule has 1 aromatic heterocycles. The van der Waals surface area contributed by atoms with Crippen LogP contribution in [0.4, 0.5) is 0 Å². The monoisotopic (exact) mass is 497 g/mol. The van der Waals surface area contributed by atoms with Crippen LogP contribution in [-0.2, 0) is 13.0 Å². The molecule has 5 nitrogen and oxygen atoms in total. The van der Waals surface area contributed by atoms with Gasteiger partial charge in [0, 0.05) is 25.1 Å². The minimum absolute atomic E-state index is 0.00306. The number of amides is 1. The van der Waals surface area contributed by atoms with Crippen LogP contribution in [0.2, 0.25) is 0 Å². The Labute approximate surface area is 220 Å². The summed E-state index contributed by atoms with van der Waals surface area (Å²) in [5.74, 6) is 2.12. The summed E-state index contributed by atoms with van der Waals surface area (Å²) in [6, 6.07) is 22.5. The number of unbranched alkanes of at least 4 members (excludes halogenated alkanes) is 3. The van der Waals surface area contributed by atoms with Gasteiger partial charge in [0.25, 0.3) is 5.91 Å². The summed E-state index contributed by atoms with van der Waals surface area (Å²) in [6.07, 6.45) is 6.07. The third kappa shape index (κ3) is 7.69. The Morgan fingerprint density at radius 2 is 1.59 bits per heavy atom. The van der Waals surface area contributed by atoms with Crippen molar-refractivity contribution in [3.8, 4) is 5.75 Å². The summed E-state index contributed by atoms with van der Waals surface area (Å²) in [4.78, 5) is 17.2. The molecule has 1 N–H and O–H groups in total. The Morgan fingerprint density at radius 3 is 2.38 bits per heavy atom. The normalized spacial score (nSPS) is 11.1. The molecule has 0 aliphatic heterocycles. The Balaban J connectivity index is 1.22. The van der Waals surface area contributed by atoms with E-state index in [-0.39, 0.29) is 5.91 Å². The molecule has 0 saturated carbocycles. The van der Waals surface area contributed by atoms with Crippen molar-refractivity contribution in [1.29, 1.82) is 0 Å². The Morgan fingerprint density at radius 1 is 0.838 bits per heavy atom. The predicted molar refractivity (Wildman–Crippen MR) is 151 cm³/mol. The van der Waals surface area contributed by atoms with Gasteiger partial charge in [-0.05, 0) is 94.0 Å². The SMILES string of the molecule is Cc1ccc(C(=O)NCCCCCc2nc3ccccc3n2CCCCOc2cc(C)cc(C)c2)cc1. The molecule has 0 unspecified atom stereocenters. The van der Waals surface area contributed by atoms with Gasteiger partial charge in [0.2, 0.25) is 0 Å². The molecule has 3 aromatic carbocycles. The molecule has 0 aliphatic rings. The van der Waals surface area contributed by atoms with Gasteiger partial charge in [0.15, 0.2) is 0 Å². The molecule has 4 aromatic rings. The van der Waals surface area contributed by atoms with Crippen molar-refractivity contribution in [3.63, 3.8) is 0 Å². The Bertz CT molecular complexity index is 1290. The lowest BCUT2D eigenvalue weighted by Gasteiger charge is -2.11. The number of hydrogen-bond donors (Lipinski definition) is 1. The van der Waals surface area contributed by atoms with Gasteiger partial charge in [-0.3, -0.25) is 4.79 Å². The standard InChI is InChI=1S/C32H39N3O2/c1-24-14-16-27(17-15-24)32(36)33-18-8-4-5-13-31-34-29-11-6-7-12-30(29)35(31)19-9-10-20-37-28-22-25(2)21-26(3)23-28/h6-7,11-12,14-17,21-23H,4-5,8-10,13,18-20H2,1-3H3,(H,33,36). The summed E-state index contributed by atoms with van der Waals surface area (Å²) >= 11 is 0. The highest BCUT2D eigenvalue weighted by Gasteiger charge is 2.10. The van der Waals surface area contributed by atoms with Crippen LogP contribution in [0.15, 0.2) is 66.7 Å². The molecule has 1 heterocycles. The molecule has 1 amide bonds. The highest BCUT2D eigenvalue weighted by atomic mass is 16.5. The molecule has 0 radical (unpaired) electrons. The average molecular weight is 498 g/mol. The number of benzene rings is 3. The molecular weight excluding hydrogens is 458 g/mol. The summed E-state index contributed by atoms with van der Waals surface area (Å²) in [6.45, 7) is 8.60. The van der Waals surface area contributed by atoms with Gasteiger partial charge >= 0.3 is 0 Å². The first-order chi connectivity index (χ1) is 18.0. The maximum absolute atomic E-state index is 12.3. The summed E-state index contributed by atoms with van der Waals surface area (Å²) in [5, 5.41) is 3.04. The Hall–Kier alpha value is -3.60. The maximum Gasteiger partial charge on any atom is 0.251 e. The van der Waals surface area contributed by atoms with Crippen molar-refractivity contribution in [3.05, 3.63) is 94.8 Å². The van der Waals surface area contributed by atoms with Crippen molar-refractivity contribution in [1.82, 2.24) is 14.9 Å². The van der Waals surface area contributed by atoms with E-state index in [0.717, 1.165) is 79.9 Å². The third-order valence-electron chi connectivity index (χ3n) is 6.65. The summed E-state index contributed by atoms with van der Waals surface area (Å²) < 4.78 is 8.38. The number of aryl methyl sites for hydroxylation is 5. The molecular formula is C32H39N3O2. The van der Waals surface area contributed by atoms with Crippen LogP contribution in [0.5, 0.6) is 5.75 Å². The van der Waals surface area contributed by atoms with E-state index in [1.807, 2.05) is 31.2 Å². The molecule has 0 spiro atoms. The third-order valence-corrected chi connectivity index (χ3v) is 6.65. The molecule has 0 saturated heterocycles. The molecule has 194 valence electrons. The van der Waals surface area contributed by atoms with Crippen LogP contribution in [0.25, 0.3) is 11.0 Å². The smallest absolute Gasteiger partial charge is 0.251 e. The summed E-state index contributed by atoms with van der Waals surface area (Å²) in [7, 11) is 0. The number of imidazole rings is 1. The van der Waals surface area contributed by atoms with Gasteiger partial charge in [0.1, 0.15) is 11.6 Å². The van der Waals surface area contributed by atoms with Crippen molar-refractivity contribution in [2.24, 2.45) is 0 Å². The zero-order valence-electron chi connectivity index (χ0n) is 22.4. The van der Waals surface area contributed by atoms with Gasteiger partial charge in [-0.1, -0.05) is 42.3 Å². The number of rotatable bonds is 13. The second kappa shape index (κ2) is 13.1. The second-order valence-electron chi connectivity index (χ2n) is 9.98. The number of nitrogens with one attached hydrogen (secondary N) is 1. The Kier molecular flexibility index (Phi) is 9.36. The lowest BCUT2D eigenvalue weighted by molar-refractivity contribution is 0.0953. The first-order valence-corrected chi connectivity index (χ1v) is 13.5. The van der Waals surface area contributed by atoms with E-state index in [4.69, 9.17) is 9.72 Å². The number of carbonyl (C=O) groups is 1. The number of hydrogen-bond acceptors (Lipinski definition) is 3. The zero-order valence-corrected chi connectivity index (χ0v) is 22.4. The average Bonchev–Trinajstić information content (AvgIpc) is 3.23. The van der Waals surface area contributed by atoms with Crippen LogP contribution < -0.4 is 10.1 Å². The minimum atomic E-state index is 0.00306. The largest absolute Gasteiger partial charge is 0.494 e. The zero-order chi connectivity index (χ0) is 26.0. The van der Waals surface area contributed by atoms with Crippen LogP contribution in [0.1, 0.15) is 65.0 Å². The first-order valence-electron chi connectivity index (χ1n) is 13.5. The van der Waals surface area contributed by atoms with Gasteiger partial charge < -0.3 is 14.6 Å². The van der Waals surface area contributed by atoms with Gasteiger partial charge in [0.05, 0.1) is 17.6 Å². The van der Waals surface area contributed by atoms with Crippen LogP contribution in [0.3, 0.4) is 0 Å². The number of para-hydroxylation sites is 2. The van der Waals surface area contributed by atoms with Crippen LogP contribution in [0, 0.1) is 20.8 Å². The van der Waals surface area contributed by atoms with E-state index in [1.165, 1.54) is 16.6 Å². The molecule has 0 atom stereocenters. The summed E-state index contributed by atoms with van der Waals surface area (Å²) in [5.41, 5.74) is 6.62. The molecule has 37 heavy (non-hydrogen) atoms. The second-order valence-corrected chi connectivity index (χ2v) is 9.98. The number of ether oxygens (including phenoxy) is 1. The first kappa shape index (κ1) is 26.5.